The first kappa shape index (κ1) is 27.1. The van der Waals surface area contributed by atoms with Crippen molar-refractivity contribution >= 4 is 35.3 Å². The lowest BCUT2D eigenvalue weighted by Crippen LogP contribution is -2.45. The molecule has 2 aliphatic rings. The van der Waals surface area contributed by atoms with E-state index < -0.39 is 0 Å². The first-order valence-electron chi connectivity index (χ1n) is 13.3. The minimum atomic E-state index is -0.323. The molecule has 3 aromatic rings. The van der Waals surface area contributed by atoms with Gasteiger partial charge in [-0.05, 0) is 67.5 Å². The van der Waals surface area contributed by atoms with Crippen LogP contribution in [-0.2, 0) is 11.3 Å². The van der Waals surface area contributed by atoms with Crippen LogP contribution in [-0.4, -0.2) is 67.9 Å². The Labute approximate surface area is 233 Å². The molecule has 5 rings (SSSR count). The molecule has 0 bridgehead atoms. The number of likely N-dealkylation sites (N-methyl/N-ethyl adjacent to an activating group) is 1. The number of carbonyl (C=O) groups excluding carboxylic acids is 2. The van der Waals surface area contributed by atoms with E-state index in [9.17, 15) is 14.0 Å². The van der Waals surface area contributed by atoms with Gasteiger partial charge in [0.1, 0.15) is 5.82 Å². The molecule has 8 heteroatoms. The molecular formula is C31H33FN4O2S. The number of fused-ring (bicyclic) bond motifs is 1. The third-order valence-corrected chi connectivity index (χ3v) is 8.15. The first-order valence-corrected chi connectivity index (χ1v) is 14.1. The SMILES string of the molecule is CN1CCN(CCCNC(=O)c2ccc3c(c2)N(Cc2ccc(F)cc2)C(=O)/C(=C\c2ccccc2)S3)CC1. The van der Waals surface area contributed by atoms with Crippen molar-refractivity contribution in [3.63, 3.8) is 0 Å². The van der Waals surface area contributed by atoms with E-state index in [1.54, 1.807) is 23.1 Å². The second-order valence-electron chi connectivity index (χ2n) is 9.98. The fourth-order valence-electron chi connectivity index (χ4n) is 4.76. The summed E-state index contributed by atoms with van der Waals surface area (Å²) < 4.78 is 13.5. The quantitative estimate of drug-likeness (QED) is 0.324. The van der Waals surface area contributed by atoms with E-state index in [-0.39, 0.29) is 24.2 Å². The number of carbonyl (C=O) groups is 2. The zero-order valence-electron chi connectivity index (χ0n) is 22.1. The van der Waals surface area contributed by atoms with Gasteiger partial charge in [-0.2, -0.15) is 0 Å². The number of halogens is 1. The summed E-state index contributed by atoms with van der Waals surface area (Å²) in [6.45, 7) is 6.11. The Morgan fingerprint density at radius 2 is 1.74 bits per heavy atom. The molecule has 3 aromatic carbocycles. The summed E-state index contributed by atoms with van der Waals surface area (Å²) in [7, 11) is 2.14. The topological polar surface area (TPSA) is 55.9 Å². The van der Waals surface area contributed by atoms with E-state index in [0.29, 0.717) is 22.7 Å². The fraction of sp³-hybridized carbons (Fsp3) is 0.290. The molecule has 2 amide bonds. The normalized spacial score (nSPS) is 17.3. The van der Waals surface area contributed by atoms with E-state index >= 15 is 0 Å². The van der Waals surface area contributed by atoms with Gasteiger partial charge in [0.25, 0.3) is 11.8 Å². The molecule has 1 fully saturated rings. The van der Waals surface area contributed by atoms with Crippen LogP contribution in [0, 0.1) is 5.82 Å². The van der Waals surface area contributed by atoms with E-state index in [4.69, 9.17) is 0 Å². The van der Waals surface area contributed by atoms with Crippen LogP contribution in [0.15, 0.2) is 82.6 Å². The molecule has 1 saturated heterocycles. The highest BCUT2D eigenvalue weighted by Crippen LogP contribution is 2.43. The third kappa shape index (κ3) is 6.95. The van der Waals surface area contributed by atoms with Gasteiger partial charge in [0.05, 0.1) is 17.1 Å². The molecule has 0 aliphatic carbocycles. The average molecular weight is 545 g/mol. The van der Waals surface area contributed by atoms with Gasteiger partial charge in [0.15, 0.2) is 0 Å². The predicted octanol–water partition coefficient (Wildman–Crippen LogP) is 4.87. The molecule has 202 valence electrons. The Bertz CT molecular complexity index is 1340. The number of benzene rings is 3. The highest BCUT2D eigenvalue weighted by atomic mass is 32.2. The van der Waals surface area contributed by atoms with Crippen LogP contribution >= 0.6 is 11.8 Å². The van der Waals surface area contributed by atoms with Crippen LogP contribution in [0.3, 0.4) is 0 Å². The number of nitrogens with one attached hydrogen (secondary N) is 1. The molecule has 0 spiro atoms. The minimum absolute atomic E-state index is 0.148. The highest BCUT2D eigenvalue weighted by Gasteiger charge is 2.30. The van der Waals surface area contributed by atoms with Gasteiger partial charge in [-0.1, -0.05) is 54.2 Å². The lowest BCUT2D eigenvalue weighted by atomic mass is 10.1. The van der Waals surface area contributed by atoms with Crippen molar-refractivity contribution in [1.82, 2.24) is 15.1 Å². The molecule has 6 nitrogen and oxygen atoms in total. The van der Waals surface area contributed by atoms with Gasteiger partial charge in [0.2, 0.25) is 0 Å². The lowest BCUT2D eigenvalue weighted by molar-refractivity contribution is -0.114. The molecule has 1 N–H and O–H groups in total. The monoisotopic (exact) mass is 544 g/mol. The van der Waals surface area contributed by atoms with Crippen LogP contribution in [0.5, 0.6) is 0 Å². The van der Waals surface area contributed by atoms with Crippen LogP contribution in [0.1, 0.15) is 27.9 Å². The summed E-state index contributed by atoms with van der Waals surface area (Å²) in [6.07, 6.45) is 2.77. The Hall–Kier alpha value is -3.46. The highest BCUT2D eigenvalue weighted by molar-refractivity contribution is 8.04. The Balaban J connectivity index is 1.32. The summed E-state index contributed by atoms with van der Waals surface area (Å²) in [5, 5.41) is 3.04. The zero-order chi connectivity index (χ0) is 27.2. The lowest BCUT2D eigenvalue weighted by Gasteiger charge is -2.32. The number of rotatable bonds is 8. The van der Waals surface area contributed by atoms with Crippen LogP contribution < -0.4 is 10.2 Å². The zero-order valence-corrected chi connectivity index (χ0v) is 22.9. The Kier molecular flexibility index (Phi) is 8.76. The molecule has 0 atom stereocenters. The smallest absolute Gasteiger partial charge is 0.265 e. The van der Waals surface area contributed by atoms with E-state index in [2.05, 4.69) is 22.2 Å². The van der Waals surface area contributed by atoms with Gasteiger partial charge in [-0.3, -0.25) is 9.59 Å². The summed E-state index contributed by atoms with van der Waals surface area (Å²) >= 11 is 1.40. The second-order valence-corrected chi connectivity index (χ2v) is 11.1. The number of piperazine rings is 1. The maximum Gasteiger partial charge on any atom is 0.265 e. The summed E-state index contributed by atoms with van der Waals surface area (Å²) in [6, 6.07) is 21.4. The van der Waals surface area contributed by atoms with Crippen molar-refractivity contribution in [1.29, 1.82) is 0 Å². The van der Waals surface area contributed by atoms with Crippen molar-refractivity contribution in [2.75, 3.05) is 51.2 Å². The van der Waals surface area contributed by atoms with E-state index in [1.165, 1.54) is 23.9 Å². The van der Waals surface area contributed by atoms with Gasteiger partial charge >= 0.3 is 0 Å². The summed E-state index contributed by atoms with van der Waals surface area (Å²) in [5.41, 5.74) is 2.94. The maximum absolute atomic E-state index is 13.7. The first-order chi connectivity index (χ1) is 19.0. The molecule has 2 heterocycles. The second kappa shape index (κ2) is 12.6. The summed E-state index contributed by atoms with van der Waals surface area (Å²) in [5.74, 6) is -0.623. The van der Waals surface area contributed by atoms with Gasteiger partial charge in [0, 0.05) is 43.2 Å². The molecular weight excluding hydrogens is 511 g/mol. The van der Waals surface area contributed by atoms with Crippen molar-refractivity contribution in [3.05, 3.63) is 100 Å². The molecule has 39 heavy (non-hydrogen) atoms. The third-order valence-electron chi connectivity index (χ3n) is 7.07. The van der Waals surface area contributed by atoms with Crippen molar-refractivity contribution < 1.29 is 14.0 Å². The summed E-state index contributed by atoms with van der Waals surface area (Å²) in [4.78, 5) is 34.6. The van der Waals surface area contributed by atoms with Gasteiger partial charge < -0.3 is 20.0 Å². The van der Waals surface area contributed by atoms with Crippen molar-refractivity contribution in [3.8, 4) is 0 Å². The molecule has 0 unspecified atom stereocenters. The average Bonchev–Trinajstić information content (AvgIpc) is 2.95. The largest absolute Gasteiger partial charge is 0.352 e. The van der Waals surface area contributed by atoms with Crippen LogP contribution in [0.4, 0.5) is 10.1 Å². The molecule has 0 aromatic heterocycles. The number of hydrogen-bond donors (Lipinski definition) is 1. The number of nitrogens with zero attached hydrogens (tertiary/aromatic N) is 3. The number of anilines is 1. The number of amides is 2. The van der Waals surface area contributed by atoms with Gasteiger partial charge in [-0.25, -0.2) is 4.39 Å². The number of thioether (sulfide) groups is 1. The fourth-order valence-corrected chi connectivity index (χ4v) is 5.80. The molecule has 0 radical (unpaired) electrons. The minimum Gasteiger partial charge on any atom is -0.352 e. The standard InChI is InChI=1S/C31H33FN4O2S/c1-34-16-18-35(19-17-34)15-5-14-33-30(37)25-10-13-28-27(21-25)36(22-24-8-11-26(32)12-9-24)31(38)29(39-28)20-23-6-3-2-4-7-23/h2-4,6-13,20-21H,5,14-19,22H2,1H3,(H,33,37)/b29-20+. The Morgan fingerprint density at radius 3 is 2.49 bits per heavy atom. The number of hydrogen-bond acceptors (Lipinski definition) is 5. The van der Waals surface area contributed by atoms with E-state index in [1.807, 2.05) is 48.5 Å². The van der Waals surface area contributed by atoms with Gasteiger partial charge in [-0.15, -0.1) is 0 Å². The van der Waals surface area contributed by atoms with Crippen LogP contribution in [0.2, 0.25) is 0 Å². The predicted molar refractivity (Wildman–Crippen MR) is 155 cm³/mol. The Morgan fingerprint density at radius 1 is 1.00 bits per heavy atom. The maximum atomic E-state index is 13.7. The van der Waals surface area contributed by atoms with Crippen molar-refractivity contribution in [2.45, 2.75) is 17.9 Å². The van der Waals surface area contributed by atoms with E-state index in [0.717, 1.165) is 55.2 Å². The molecule has 2 aliphatic heterocycles. The van der Waals surface area contributed by atoms with Crippen molar-refractivity contribution in [2.24, 2.45) is 0 Å². The molecule has 0 saturated carbocycles. The van der Waals surface area contributed by atoms with Crippen LogP contribution in [0.25, 0.3) is 6.08 Å².